The molecule has 1 aliphatic heterocycles. The first kappa shape index (κ1) is 21.0. The summed E-state index contributed by atoms with van der Waals surface area (Å²) in [6.45, 7) is 2.59. The Kier molecular flexibility index (Phi) is 6.63. The van der Waals surface area contributed by atoms with Crippen molar-refractivity contribution in [3.8, 4) is 11.5 Å². The van der Waals surface area contributed by atoms with Crippen molar-refractivity contribution in [2.45, 2.75) is 0 Å². The second-order valence-electron chi connectivity index (χ2n) is 6.08. The third kappa shape index (κ3) is 4.81. The second-order valence-corrected chi connectivity index (χ2v) is 6.90. The average Bonchev–Trinajstić information content (AvgIpc) is 2.73. The number of benzene rings is 2. The number of morpholine rings is 1. The van der Waals surface area contributed by atoms with E-state index in [9.17, 15) is 14.9 Å². The van der Waals surface area contributed by atoms with E-state index in [0.717, 1.165) is 11.6 Å². The highest BCUT2D eigenvalue weighted by Crippen LogP contribution is 2.31. The minimum Gasteiger partial charge on any atom is -0.493 e. The van der Waals surface area contributed by atoms with Gasteiger partial charge in [0.05, 0.1) is 25.2 Å². The first-order valence-electron chi connectivity index (χ1n) is 8.62. The van der Waals surface area contributed by atoms with Gasteiger partial charge < -0.3 is 19.1 Å². The molecule has 0 N–H and O–H groups in total. The number of ether oxygens (including phenoxy) is 3. The molecule has 8 nitrogen and oxygen atoms in total. The zero-order chi connectivity index (χ0) is 21.0. The standard InChI is InChI=1S/C19H17ClN2O6S/c1-26-17-10-12(18(29)21-6-8-27-9-7-21)2-5-16(17)28-19(23)14-4-3-13(20)11-15(14)22(24)25/h2-5,10-11H,6-9H2,1H3. The van der Waals surface area contributed by atoms with Crippen LogP contribution >= 0.6 is 23.8 Å². The maximum Gasteiger partial charge on any atom is 0.350 e. The SMILES string of the molecule is COc1cc(C(=S)N2CCOCC2)ccc1OC(=O)c1ccc(Cl)cc1[N+](=O)[O-]. The van der Waals surface area contributed by atoms with Crippen LogP contribution in [0.2, 0.25) is 5.02 Å². The fraction of sp³-hybridized carbons (Fsp3) is 0.263. The van der Waals surface area contributed by atoms with Gasteiger partial charge in [-0.05, 0) is 30.3 Å². The van der Waals surface area contributed by atoms with Gasteiger partial charge in [0.15, 0.2) is 11.5 Å². The number of esters is 1. The highest BCUT2D eigenvalue weighted by molar-refractivity contribution is 7.80. The second kappa shape index (κ2) is 9.17. The summed E-state index contributed by atoms with van der Waals surface area (Å²) in [5, 5.41) is 11.4. The summed E-state index contributed by atoms with van der Waals surface area (Å²) < 4.78 is 16.0. The topological polar surface area (TPSA) is 91.1 Å². The number of nitro groups is 1. The first-order valence-corrected chi connectivity index (χ1v) is 9.40. The van der Waals surface area contributed by atoms with Gasteiger partial charge >= 0.3 is 5.97 Å². The summed E-state index contributed by atoms with van der Waals surface area (Å²) in [5.74, 6) is -0.492. The Labute approximate surface area is 177 Å². The van der Waals surface area contributed by atoms with Gasteiger partial charge in [-0.15, -0.1) is 0 Å². The lowest BCUT2D eigenvalue weighted by atomic mass is 10.1. The Balaban J connectivity index is 1.83. The lowest BCUT2D eigenvalue weighted by molar-refractivity contribution is -0.385. The van der Waals surface area contributed by atoms with E-state index in [1.165, 1.54) is 19.2 Å². The number of carbonyl (C=O) groups excluding carboxylic acids is 1. The maximum absolute atomic E-state index is 12.5. The number of hydrogen-bond acceptors (Lipinski definition) is 7. The number of carbonyl (C=O) groups is 1. The van der Waals surface area contributed by atoms with Gasteiger partial charge in [-0.3, -0.25) is 10.1 Å². The van der Waals surface area contributed by atoms with E-state index in [0.29, 0.717) is 31.3 Å². The monoisotopic (exact) mass is 436 g/mol. The molecule has 0 aromatic heterocycles. The molecule has 0 bridgehead atoms. The molecule has 10 heteroatoms. The minimum absolute atomic E-state index is 0.121. The van der Waals surface area contributed by atoms with Crippen molar-refractivity contribution in [3.05, 3.63) is 62.7 Å². The molecule has 1 aliphatic rings. The molecule has 0 radical (unpaired) electrons. The highest BCUT2D eigenvalue weighted by Gasteiger charge is 2.24. The normalized spacial score (nSPS) is 13.7. The molecule has 1 saturated heterocycles. The quantitative estimate of drug-likeness (QED) is 0.231. The van der Waals surface area contributed by atoms with E-state index < -0.39 is 16.6 Å². The van der Waals surface area contributed by atoms with Gasteiger partial charge in [0, 0.05) is 29.7 Å². The molecule has 0 amide bonds. The molecule has 0 spiro atoms. The molecule has 0 saturated carbocycles. The fourth-order valence-electron chi connectivity index (χ4n) is 2.82. The Hall–Kier alpha value is -2.75. The van der Waals surface area contributed by atoms with E-state index in [-0.39, 0.29) is 22.1 Å². The molecule has 0 unspecified atom stereocenters. The predicted molar refractivity (Wildman–Crippen MR) is 110 cm³/mol. The zero-order valence-corrected chi connectivity index (χ0v) is 17.0. The van der Waals surface area contributed by atoms with Crippen LogP contribution in [-0.2, 0) is 4.74 Å². The summed E-state index contributed by atoms with van der Waals surface area (Å²) in [7, 11) is 1.43. The van der Waals surface area contributed by atoms with Crippen LogP contribution in [0.5, 0.6) is 11.5 Å². The number of thiocarbonyl (C=S) groups is 1. The maximum atomic E-state index is 12.5. The third-order valence-electron chi connectivity index (χ3n) is 4.29. The van der Waals surface area contributed by atoms with Crippen molar-refractivity contribution in [2.75, 3.05) is 33.4 Å². The molecule has 0 atom stereocenters. The van der Waals surface area contributed by atoms with E-state index in [4.69, 9.17) is 38.0 Å². The third-order valence-corrected chi connectivity index (χ3v) is 5.02. The van der Waals surface area contributed by atoms with E-state index in [2.05, 4.69) is 0 Å². The van der Waals surface area contributed by atoms with E-state index in [1.807, 2.05) is 4.90 Å². The molecule has 1 fully saturated rings. The van der Waals surface area contributed by atoms with Gasteiger partial charge in [-0.2, -0.15) is 0 Å². The predicted octanol–water partition coefficient (Wildman–Crippen LogP) is 3.48. The molecule has 3 rings (SSSR count). The molecular formula is C19H17ClN2O6S. The number of hydrogen-bond donors (Lipinski definition) is 0. The number of halogens is 1. The van der Waals surface area contributed by atoms with Gasteiger partial charge in [0.2, 0.25) is 0 Å². The van der Waals surface area contributed by atoms with Crippen LogP contribution in [0.4, 0.5) is 5.69 Å². The summed E-state index contributed by atoms with van der Waals surface area (Å²) in [6.07, 6.45) is 0. The van der Waals surface area contributed by atoms with E-state index >= 15 is 0 Å². The lowest BCUT2D eigenvalue weighted by Crippen LogP contribution is -2.40. The highest BCUT2D eigenvalue weighted by atomic mass is 35.5. The summed E-state index contributed by atoms with van der Waals surface area (Å²) >= 11 is 11.3. The number of nitro benzene ring substituents is 1. The van der Waals surface area contributed by atoms with Crippen LogP contribution in [0.15, 0.2) is 36.4 Å². The average molecular weight is 437 g/mol. The fourth-order valence-corrected chi connectivity index (χ4v) is 3.29. The van der Waals surface area contributed by atoms with Crippen molar-refractivity contribution in [2.24, 2.45) is 0 Å². The van der Waals surface area contributed by atoms with Gasteiger partial charge in [-0.25, -0.2) is 4.79 Å². The Morgan fingerprint density at radius 1 is 1.21 bits per heavy atom. The molecule has 1 heterocycles. The first-order chi connectivity index (χ1) is 13.9. The van der Waals surface area contributed by atoms with Gasteiger partial charge in [0.1, 0.15) is 10.6 Å². The van der Waals surface area contributed by atoms with Crippen LogP contribution in [0.25, 0.3) is 0 Å². The molecule has 2 aromatic carbocycles. The van der Waals surface area contributed by atoms with Crippen molar-refractivity contribution in [1.29, 1.82) is 0 Å². The summed E-state index contributed by atoms with van der Waals surface area (Å²) in [6, 6.07) is 8.64. The van der Waals surface area contributed by atoms with Gasteiger partial charge in [0.25, 0.3) is 5.69 Å². The van der Waals surface area contributed by atoms with Crippen molar-refractivity contribution < 1.29 is 23.9 Å². The largest absolute Gasteiger partial charge is 0.493 e. The Morgan fingerprint density at radius 3 is 2.59 bits per heavy atom. The summed E-state index contributed by atoms with van der Waals surface area (Å²) in [5.41, 5.74) is 0.0805. The molecule has 2 aromatic rings. The molecule has 152 valence electrons. The molecule has 0 aliphatic carbocycles. The van der Waals surface area contributed by atoms with Crippen molar-refractivity contribution in [3.63, 3.8) is 0 Å². The number of rotatable bonds is 5. The van der Waals surface area contributed by atoms with Crippen molar-refractivity contribution in [1.82, 2.24) is 4.90 Å². The van der Waals surface area contributed by atoms with Crippen LogP contribution in [0.1, 0.15) is 15.9 Å². The van der Waals surface area contributed by atoms with Crippen LogP contribution < -0.4 is 9.47 Å². The van der Waals surface area contributed by atoms with Crippen molar-refractivity contribution >= 4 is 40.5 Å². The lowest BCUT2D eigenvalue weighted by Gasteiger charge is -2.29. The summed E-state index contributed by atoms with van der Waals surface area (Å²) in [4.78, 5) is 25.7. The van der Waals surface area contributed by atoms with Crippen LogP contribution in [0.3, 0.4) is 0 Å². The van der Waals surface area contributed by atoms with E-state index in [1.54, 1.807) is 18.2 Å². The Morgan fingerprint density at radius 2 is 1.93 bits per heavy atom. The minimum atomic E-state index is -0.893. The molecule has 29 heavy (non-hydrogen) atoms. The van der Waals surface area contributed by atoms with Gasteiger partial charge in [-0.1, -0.05) is 23.8 Å². The van der Waals surface area contributed by atoms with Crippen LogP contribution in [-0.4, -0.2) is 54.2 Å². The number of nitrogens with zero attached hydrogens (tertiary/aromatic N) is 2. The smallest absolute Gasteiger partial charge is 0.350 e. The van der Waals surface area contributed by atoms with Crippen LogP contribution in [0, 0.1) is 10.1 Å². The molecular weight excluding hydrogens is 420 g/mol. The zero-order valence-electron chi connectivity index (χ0n) is 15.4. The Bertz CT molecular complexity index is 962. The number of methoxy groups -OCH3 is 1.